The molecule has 2 aromatic heterocycles. The molecule has 1 saturated carbocycles. The van der Waals surface area contributed by atoms with Crippen LogP contribution in [-0.4, -0.2) is 51.4 Å². The number of hydrogen-bond acceptors (Lipinski definition) is 3. The minimum absolute atomic E-state index is 0.324. The SMILES string of the molecule is O=C1CCN(Cc2cccn2-c2ccccn2)CCN1CC1CC1. The van der Waals surface area contributed by atoms with Gasteiger partial charge in [-0.05, 0) is 43.0 Å². The molecule has 126 valence electrons. The summed E-state index contributed by atoms with van der Waals surface area (Å²) in [6.45, 7) is 4.48. The van der Waals surface area contributed by atoms with Crippen LogP contribution in [0.1, 0.15) is 25.0 Å². The topological polar surface area (TPSA) is 41.4 Å². The number of rotatable bonds is 5. The number of carbonyl (C=O) groups excluding carboxylic acids is 1. The molecule has 2 aliphatic rings. The fourth-order valence-electron chi connectivity index (χ4n) is 3.37. The van der Waals surface area contributed by atoms with Crippen molar-refractivity contribution >= 4 is 5.91 Å². The van der Waals surface area contributed by atoms with Crippen molar-refractivity contribution in [3.8, 4) is 5.82 Å². The van der Waals surface area contributed by atoms with Crippen LogP contribution in [0.25, 0.3) is 5.82 Å². The van der Waals surface area contributed by atoms with Crippen molar-refractivity contribution in [3.05, 3.63) is 48.4 Å². The van der Waals surface area contributed by atoms with E-state index in [9.17, 15) is 4.79 Å². The fourth-order valence-corrected chi connectivity index (χ4v) is 3.37. The van der Waals surface area contributed by atoms with Crippen LogP contribution >= 0.6 is 0 Å². The summed E-state index contributed by atoms with van der Waals surface area (Å²) in [4.78, 5) is 21.2. The second-order valence-electron chi connectivity index (χ2n) is 6.87. The van der Waals surface area contributed by atoms with Crippen molar-refractivity contribution < 1.29 is 4.79 Å². The summed E-state index contributed by atoms with van der Waals surface area (Å²) in [5, 5.41) is 0. The molecule has 0 radical (unpaired) electrons. The Morgan fingerprint density at radius 1 is 1.08 bits per heavy atom. The molecule has 2 fully saturated rings. The Balaban J connectivity index is 1.42. The van der Waals surface area contributed by atoms with E-state index in [2.05, 4.69) is 37.7 Å². The van der Waals surface area contributed by atoms with Gasteiger partial charge in [-0.3, -0.25) is 9.69 Å². The number of aromatic nitrogens is 2. The molecule has 1 aliphatic heterocycles. The molecule has 5 nitrogen and oxygen atoms in total. The van der Waals surface area contributed by atoms with Gasteiger partial charge in [-0.25, -0.2) is 4.98 Å². The summed E-state index contributed by atoms with van der Waals surface area (Å²) in [7, 11) is 0. The Bertz CT molecular complexity index is 692. The Kier molecular flexibility index (Phi) is 4.34. The standard InChI is InChI=1S/C19H24N4O/c24-19-8-11-21(12-13-22(19)14-16-6-7-16)15-17-4-3-10-23(17)18-5-1-2-9-20-18/h1-5,9-10,16H,6-8,11-15H2. The van der Waals surface area contributed by atoms with Crippen LogP contribution in [0, 0.1) is 5.92 Å². The monoisotopic (exact) mass is 324 g/mol. The lowest BCUT2D eigenvalue weighted by Crippen LogP contribution is -2.34. The van der Waals surface area contributed by atoms with E-state index in [1.807, 2.05) is 24.4 Å². The maximum Gasteiger partial charge on any atom is 0.223 e. The Morgan fingerprint density at radius 2 is 2.00 bits per heavy atom. The highest BCUT2D eigenvalue weighted by molar-refractivity contribution is 5.76. The molecule has 0 atom stereocenters. The average molecular weight is 324 g/mol. The zero-order valence-electron chi connectivity index (χ0n) is 14.0. The summed E-state index contributed by atoms with van der Waals surface area (Å²) < 4.78 is 2.13. The van der Waals surface area contributed by atoms with Crippen molar-refractivity contribution in [3.63, 3.8) is 0 Å². The van der Waals surface area contributed by atoms with Crippen molar-refractivity contribution in [1.82, 2.24) is 19.4 Å². The van der Waals surface area contributed by atoms with E-state index < -0.39 is 0 Å². The van der Waals surface area contributed by atoms with E-state index in [0.29, 0.717) is 12.3 Å². The average Bonchev–Trinajstić information content (AvgIpc) is 3.34. The molecule has 1 saturated heterocycles. The molecule has 0 N–H and O–H groups in total. The first-order valence-corrected chi connectivity index (χ1v) is 8.87. The fraction of sp³-hybridized carbons (Fsp3) is 0.474. The lowest BCUT2D eigenvalue weighted by molar-refractivity contribution is -0.130. The third-order valence-electron chi connectivity index (χ3n) is 4.97. The highest BCUT2D eigenvalue weighted by atomic mass is 16.2. The van der Waals surface area contributed by atoms with Gasteiger partial charge in [0.15, 0.2) is 0 Å². The lowest BCUT2D eigenvalue weighted by atomic mass is 10.3. The van der Waals surface area contributed by atoms with E-state index >= 15 is 0 Å². The zero-order chi connectivity index (χ0) is 16.4. The Labute approximate surface area is 142 Å². The summed E-state index contributed by atoms with van der Waals surface area (Å²) >= 11 is 0. The van der Waals surface area contributed by atoms with Crippen molar-refractivity contribution in [2.75, 3.05) is 26.2 Å². The van der Waals surface area contributed by atoms with E-state index in [-0.39, 0.29) is 0 Å². The van der Waals surface area contributed by atoms with Crippen LogP contribution in [0.4, 0.5) is 0 Å². The molecule has 3 heterocycles. The number of pyridine rings is 1. The predicted octanol–water partition coefficient (Wildman–Crippen LogP) is 2.32. The van der Waals surface area contributed by atoms with Gasteiger partial charge in [0, 0.05) is 57.2 Å². The molecule has 5 heteroatoms. The normalized spacial score (nSPS) is 19.5. The van der Waals surface area contributed by atoms with Gasteiger partial charge in [-0.2, -0.15) is 0 Å². The number of amides is 1. The van der Waals surface area contributed by atoms with Gasteiger partial charge in [-0.1, -0.05) is 6.07 Å². The van der Waals surface area contributed by atoms with Crippen molar-refractivity contribution in [2.24, 2.45) is 5.92 Å². The minimum atomic E-state index is 0.324. The van der Waals surface area contributed by atoms with E-state index in [0.717, 1.165) is 44.5 Å². The van der Waals surface area contributed by atoms with Crippen LogP contribution in [0.15, 0.2) is 42.7 Å². The summed E-state index contributed by atoms with van der Waals surface area (Å²) in [5.74, 6) is 2.03. The summed E-state index contributed by atoms with van der Waals surface area (Å²) in [6.07, 6.45) is 7.10. The first-order chi connectivity index (χ1) is 11.8. The van der Waals surface area contributed by atoms with Crippen LogP contribution in [0.3, 0.4) is 0 Å². The second-order valence-corrected chi connectivity index (χ2v) is 6.87. The summed E-state index contributed by atoms with van der Waals surface area (Å²) in [6, 6.07) is 10.2. The van der Waals surface area contributed by atoms with Crippen molar-refractivity contribution in [1.29, 1.82) is 0 Å². The van der Waals surface area contributed by atoms with Crippen LogP contribution in [0.2, 0.25) is 0 Å². The van der Waals surface area contributed by atoms with Gasteiger partial charge in [0.25, 0.3) is 0 Å². The first kappa shape index (κ1) is 15.4. The quantitative estimate of drug-likeness (QED) is 0.847. The molecular weight excluding hydrogens is 300 g/mol. The van der Waals surface area contributed by atoms with Gasteiger partial charge >= 0.3 is 0 Å². The van der Waals surface area contributed by atoms with E-state index in [4.69, 9.17) is 0 Å². The summed E-state index contributed by atoms with van der Waals surface area (Å²) in [5.41, 5.74) is 1.22. The molecule has 0 aromatic carbocycles. The number of hydrogen-bond donors (Lipinski definition) is 0. The maximum absolute atomic E-state index is 12.3. The largest absolute Gasteiger partial charge is 0.341 e. The van der Waals surface area contributed by atoms with Crippen LogP contribution < -0.4 is 0 Å². The lowest BCUT2D eigenvalue weighted by Gasteiger charge is -2.22. The zero-order valence-corrected chi connectivity index (χ0v) is 14.0. The predicted molar refractivity (Wildman–Crippen MR) is 92.8 cm³/mol. The highest BCUT2D eigenvalue weighted by Gasteiger charge is 2.28. The first-order valence-electron chi connectivity index (χ1n) is 8.87. The van der Waals surface area contributed by atoms with Crippen molar-refractivity contribution in [2.45, 2.75) is 25.8 Å². The Morgan fingerprint density at radius 3 is 2.79 bits per heavy atom. The molecule has 2 aromatic rings. The van der Waals surface area contributed by atoms with E-state index in [1.165, 1.54) is 18.5 Å². The molecule has 1 aliphatic carbocycles. The molecular formula is C19H24N4O. The molecule has 0 spiro atoms. The maximum atomic E-state index is 12.3. The molecule has 0 unspecified atom stereocenters. The Hall–Kier alpha value is -2.14. The molecule has 24 heavy (non-hydrogen) atoms. The third-order valence-corrected chi connectivity index (χ3v) is 4.97. The minimum Gasteiger partial charge on any atom is -0.341 e. The van der Waals surface area contributed by atoms with Gasteiger partial charge in [0.05, 0.1) is 0 Å². The smallest absolute Gasteiger partial charge is 0.223 e. The molecule has 1 amide bonds. The molecule has 4 rings (SSSR count). The van der Waals surface area contributed by atoms with Gasteiger partial charge in [-0.15, -0.1) is 0 Å². The number of nitrogens with zero attached hydrogens (tertiary/aromatic N) is 4. The van der Waals surface area contributed by atoms with Crippen LogP contribution in [0.5, 0.6) is 0 Å². The van der Waals surface area contributed by atoms with Gasteiger partial charge in [0.2, 0.25) is 5.91 Å². The van der Waals surface area contributed by atoms with Gasteiger partial charge in [0.1, 0.15) is 5.82 Å². The number of carbonyl (C=O) groups is 1. The highest BCUT2D eigenvalue weighted by Crippen LogP contribution is 2.30. The van der Waals surface area contributed by atoms with Gasteiger partial charge < -0.3 is 9.47 Å². The third kappa shape index (κ3) is 3.51. The van der Waals surface area contributed by atoms with E-state index in [1.54, 1.807) is 0 Å². The molecule has 0 bridgehead atoms. The van der Waals surface area contributed by atoms with Crippen LogP contribution in [-0.2, 0) is 11.3 Å². The second kappa shape index (κ2) is 6.77.